The molecule has 6 heteroatoms. The number of carbonyl (C=O) groups is 1. The first-order valence-corrected chi connectivity index (χ1v) is 9.14. The number of nitrogens with zero attached hydrogens (tertiary/aromatic N) is 1. The van der Waals surface area contributed by atoms with E-state index in [4.69, 9.17) is 28.9 Å². The monoisotopic (exact) mass is 377 g/mol. The van der Waals surface area contributed by atoms with E-state index in [-0.39, 0.29) is 23.8 Å². The van der Waals surface area contributed by atoms with Crippen LogP contribution >= 0.6 is 23.2 Å². The molecular formula is C19H21Cl2N3O. The second-order valence-corrected chi connectivity index (χ2v) is 7.54. The van der Waals surface area contributed by atoms with Crippen molar-refractivity contribution in [2.24, 2.45) is 11.7 Å². The number of anilines is 1. The summed E-state index contributed by atoms with van der Waals surface area (Å²) in [7, 11) is 0. The van der Waals surface area contributed by atoms with Crippen LogP contribution in [0, 0.1) is 5.92 Å². The number of amides is 1. The van der Waals surface area contributed by atoms with E-state index >= 15 is 0 Å². The standard InChI is InChI=1S/C19H21Cl2N3O/c1-11-6-13(8-14(22)7-12-4-5-23-10-16(11)12)19(25)24-15-2-3-17(20)18(21)9-15/h2-5,9-11,13-14H,6-8,22H2,1H3,(H,24,25)/t11-,13?,14-/m1/s1. The number of nitrogens with two attached hydrogens (primary N) is 1. The Hall–Kier alpha value is -1.62. The molecule has 0 radical (unpaired) electrons. The fourth-order valence-electron chi connectivity index (χ4n) is 3.48. The summed E-state index contributed by atoms with van der Waals surface area (Å²) in [6, 6.07) is 7.05. The lowest BCUT2D eigenvalue weighted by molar-refractivity contribution is -0.120. The van der Waals surface area contributed by atoms with Crippen LogP contribution in [-0.2, 0) is 11.2 Å². The Labute approximate surface area is 157 Å². The number of pyridine rings is 1. The minimum atomic E-state index is -0.159. The van der Waals surface area contributed by atoms with E-state index in [0.29, 0.717) is 22.2 Å². The van der Waals surface area contributed by atoms with Crippen LogP contribution in [-0.4, -0.2) is 16.9 Å². The van der Waals surface area contributed by atoms with Gasteiger partial charge in [-0.15, -0.1) is 0 Å². The van der Waals surface area contributed by atoms with Crippen molar-refractivity contribution in [2.75, 3.05) is 5.32 Å². The Morgan fingerprint density at radius 1 is 1.24 bits per heavy atom. The molecule has 0 spiro atoms. The molecule has 1 aliphatic carbocycles. The highest BCUT2D eigenvalue weighted by Crippen LogP contribution is 2.32. The molecule has 1 aliphatic rings. The molecular weight excluding hydrogens is 357 g/mol. The van der Waals surface area contributed by atoms with Crippen LogP contribution in [0.3, 0.4) is 0 Å². The Balaban J connectivity index is 1.77. The largest absolute Gasteiger partial charge is 0.327 e. The highest BCUT2D eigenvalue weighted by Gasteiger charge is 2.28. The van der Waals surface area contributed by atoms with Gasteiger partial charge in [0.05, 0.1) is 10.0 Å². The molecule has 1 heterocycles. The maximum atomic E-state index is 12.8. The Morgan fingerprint density at radius 2 is 2.04 bits per heavy atom. The predicted molar refractivity (Wildman–Crippen MR) is 102 cm³/mol. The number of hydrogen-bond acceptors (Lipinski definition) is 3. The molecule has 3 rings (SSSR count). The fourth-order valence-corrected chi connectivity index (χ4v) is 3.78. The first-order chi connectivity index (χ1) is 11.9. The van der Waals surface area contributed by atoms with Gasteiger partial charge in [-0.25, -0.2) is 0 Å². The van der Waals surface area contributed by atoms with Crippen LogP contribution in [0.25, 0.3) is 0 Å². The second kappa shape index (κ2) is 7.73. The highest BCUT2D eigenvalue weighted by molar-refractivity contribution is 6.42. The zero-order chi connectivity index (χ0) is 18.0. The summed E-state index contributed by atoms with van der Waals surface area (Å²) in [6.07, 6.45) is 5.85. The van der Waals surface area contributed by atoms with Crippen LogP contribution in [0.1, 0.15) is 36.8 Å². The topological polar surface area (TPSA) is 68.0 Å². The number of benzene rings is 1. The van der Waals surface area contributed by atoms with Crippen LogP contribution < -0.4 is 11.1 Å². The molecule has 1 aromatic carbocycles. The van der Waals surface area contributed by atoms with Crippen molar-refractivity contribution in [1.29, 1.82) is 0 Å². The average Bonchev–Trinajstić information content (AvgIpc) is 2.56. The van der Waals surface area contributed by atoms with Gasteiger partial charge in [0.1, 0.15) is 0 Å². The quantitative estimate of drug-likeness (QED) is 0.813. The van der Waals surface area contributed by atoms with E-state index in [2.05, 4.69) is 17.2 Å². The average molecular weight is 378 g/mol. The van der Waals surface area contributed by atoms with Crippen molar-refractivity contribution in [1.82, 2.24) is 4.98 Å². The number of carbonyl (C=O) groups excluding carboxylic acids is 1. The third-order valence-corrected chi connectivity index (χ3v) is 5.48. The Kier molecular flexibility index (Phi) is 5.62. The van der Waals surface area contributed by atoms with Gasteiger partial charge in [-0.3, -0.25) is 9.78 Å². The number of halogens is 2. The van der Waals surface area contributed by atoms with E-state index < -0.39 is 0 Å². The maximum absolute atomic E-state index is 12.8. The van der Waals surface area contributed by atoms with Gasteiger partial charge in [0.25, 0.3) is 0 Å². The van der Waals surface area contributed by atoms with Gasteiger partial charge < -0.3 is 11.1 Å². The zero-order valence-electron chi connectivity index (χ0n) is 14.0. The molecule has 1 unspecified atom stereocenters. The molecule has 1 aromatic heterocycles. The van der Waals surface area contributed by atoms with Crippen LogP contribution in [0.15, 0.2) is 36.7 Å². The van der Waals surface area contributed by atoms with Crippen molar-refractivity contribution < 1.29 is 4.79 Å². The van der Waals surface area contributed by atoms with Gasteiger partial charge >= 0.3 is 0 Å². The molecule has 0 saturated carbocycles. The molecule has 4 nitrogen and oxygen atoms in total. The summed E-state index contributed by atoms with van der Waals surface area (Å²) in [6.45, 7) is 2.14. The van der Waals surface area contributed by atoms with Crippen LogP contribution in [0.5, 0.6) is 0 Å². The lowest BCUT2D eigenvalue weighted by Gasteiger charge is -2.28. The first kappa shape index (κ1) is 18.2. The smallest absolute Gasteiger partial charge is 0.227 e. The number of fused-ring (bicyclic) bond motifs is 1. The minimum Gasteiger partial charge on any atom is -0.327 e. The molecule has 3 atom stereocenters. The van der Waals surface area contributed by atoms with E-state index in [1.165, 1.54) is 11.1 Å². The molecule has 25 heavy (non-hydrogen) atoms. The number of nitrogens with one attached hydrogen (secondary N) is 1. The van der Waals surface area contributed by atoms with Gasteiger partial charge in [-0.05, 0) is 60.6 Å². The van der Waals surface area contributed by atoms with E-state index in [1.807, 2.05) is 12.3 Å². The summed E-state index contributed by atoms with van der Waals surface area (Å²) >= 11 is 11.9. The minimum absolute atomic E-state index is 0.0342. The molecule has 132 valence electrons. The van der Waals surface area contributed by atoms with Gasteiger partial charge in [0, 0.05) is 30.0 Å². The first-order valence-electron chi connectivity index (χ1n) is 8.38. The number of aromatic nitrogens is 1. The predicted octanol–water partition coefficient (Wildman–Crippen LogP) is 4.41. The lowest BCUT2D eigenvalue weighted by Crippen LogP contribution is -2.34. The van der Waals surface area contributed by atoms with Crippen LogP contribution in [0.4, 0.5) is 5.69 Å². The highest BCUT2D eigenvalue weighted by atomic mass is 35.5. The summed E-state index contributed by atoms with van der Waals surface area (Å²) in [5, 5.41) is 3.82. The SMILES string of the molecule is C[C@@H]1CC(C(=O)Nc2ccc(Cl)c(Cl)c2)C[C@H](N)Cc2ccncc21. The van der Waals surface area contributed by atoms with Crippen molar-refractivity contribution >= 4 is 34.8 Å². The molecule has 0 fully saturated rings. The van der Waals surface area contributed by atoms with E-state index in [1.54, 1.807) is 24.4 Å². The molecule has 3 N–H and O–H groups in total. The zero-order valence-corrected chi connectivity index (χ0v) is 15.5. The summed E-state index contributed by atoms with van der Waals surface area (Å²) in [5.74, 6) is 0.0570. The van der Waals surface area contributed by atoms with Gasteiger partial charge in [-0.1, -0.05) is 30.1 Å². The summed E-state index contributed by atoms with van der Waals surface area (Å²) in [5.41, 5.74) is 9.35. The molecule has 0 saturated heterocycles. The fraction of sp³-hybridized carbons (Fsp3) is 0.368. The van der Waals surface area contributed by atoms with Crippen molar-refractivity contribution in [3.8, 4) is 0 Å². The third kappa shape index (κ3) is 4.32. The van der Waals surface area contributed by atoms with Gasteiger partial charge in [0.2, 0.25) is 5.91 Å². The van der Waals surface area contributed by atoms with Crippen LogP contribution in [0.2, 0.25) is 10.0 Å². The Morgan fingerprint density at radius 3 is 2.80 bits per heavy atom. The molecule has 1 amide bonds. The van der Waals surface area contributed by atoms with E-state index in [0.717, 1.165) is 12.8 Å². The van der Waals surface area contributed by atoms with Gasteiger partial charge in [-0.2, -0.15) is 0 Å². The van der Waals surface area contributed by atoms with Crippen molar-refractivity contribution in [3.63, 3.8) is 0 Å². The normalized spacial score (nSPS) is 23.3. The van der Waals surface area contributed by atoms with Crippen molar-refractivity contribution in [2.45, 2.75) is 38.1 Å². The lowest BCUT2D eigenvalue weighted by atomic mass is 9.80. The van der Waals surface area contributed by atoms with Crippen molar-refractivity contribution in [3.05, 3.63) is 57.8 Å². The van der Waals surface area contributed by atoms with E-state index in [9.17, 15) is 4.79 Å². The summed E-state index contributed by atoms with van der Waals surface area (Å²) < 4.78 is 0. The second-order valence-electron chi connectivity index (χ2n) is 6.73. The number of rotatable bonds is 2. The molecule has 2 aromatic rings. The maximum Gasteiger partial charge on any atom is 0.227 e. The Bertz CT molecular complexity index is 781. The molecule has 0 aliphatic heterocycles. The third-order valence-electron chi connectivity index (χ3n) is 4.74. The molecule has 0 bridgehead atoms. The number of hydrogen-bond donors (Lipinski definition) is 2. The van der Waals surface area contributed by atoms with Gasteiger partial charge in [0.15, 0.2) is 0 Å². The summed E-state index contributed by atoms with van der Waals surface area (Å²) in [4.78, 5) is 17.0.